The van der Waals surface area contributed by atoms with Gasteiger partial charge in [0.1, 0.15) is 17.2 Å². The Morgan fingerprint density at radius 1 is 0.735 bits per heavy atom. The average Bonchev–Trinajstić information content (AvgIpc) is 2.88. The van der Waals surface area contributed by atoms with Gasteiger partial charge in [0.2, 0.25) is 0 Å². The molecule has 0 unspecified atom stereocenters. The maximum atomic E-state index is 6.21. The molecule has 0 saturated heterocycles. The van der Waals surface area contributed by atoms with Crippen molar-refractivity contribution >= 4 is 0 Å². The number of fused-ring (bicyclic) bond motifs is 1. The van der Waals surface area contributed by atoms with Gasteiger partial charge in [0.15, 0.2) is 11.5 Å². The lowest BCUT2D eigenvalue weighted by Crippen LogP contribution is -2.33. The minimum atomic E-state index is 0.258. The number of ether oxygens (including phenoxy) is 3. The predicted molar refractivity (Wildman–Crippen MR) is 135 cm³/mol. The lowest BCUT2D eigenvalue weighted by Gasteiger charge is -2.35. The van der Waals surface area contributed by atoms with Gasteiger partial charge in [-0.1, -0.05) is 48.5 Å². The molecule has 172 valence electrons. The number of rotatable bonds is 7. The van der Waals surface area contributed by atoms with Crippen LogP contribution in [0.2, 0.25) is 0 Å². The smallest absolute Gasteiger partial charge is 0.169 e. The van der Waals surface area contributed by atoms with Crippen molar-refractivity contribution in [2.45, 2.75) is 18.9 Å². The molecule has 1 aliphatic rings. The van der Waals surface area contributed by atoms with Gasteiger partial charge in [0.05, 0.1) is 7.11 Å². The molecule has 0 radical (unpaired) electrons. The van der Waals surface area contributed by atoms with Gasteiger partial charge in [-0.15, -0.1) is 0 Å². The normalized spacial score (nSPS) is 15.4. The van der Waals surface area contributed by atoms with Crippen LogP contribution in [0.5, 0.6) is 28.7 Å². The number of benzene rings is 4. The van der Waals surface area contributed by atoms with Crippen molar-refractivity contribution in [1.82, 2.24) is 4.90 Å². The first-order chi connectivity index (χ1) is 16.7. The Labute approximate surface area is 201 Å². The highest BCUT2D eigenvalue weighted by molar-refractivity contribution is 5.51. The minimum Gasteiger partial charge on any atom is -0.493 e. The second-order valence-electron chi connectivity index (χ2n) is 8.63. The summed E-state index contributed by atoms with van der Waals surface area (Å²) in [4.78, 5) is 2.43. The van der Waals surface area contributed by atoms with E-state index in [4.69, 9.17) is 14.2 Å². The molecule has 0 N–H and O–H groups in total. The molecule has 34 heavy (non-hydrogen) atoms. The third-order valence-electron chi connectivity index (χ3n) is 6.35. The van der Waals surface area contributed by atoms with Gasteiger partial charge in [-0.25, -0.2) is 0 Å². The summed E-state index contributed by atoms with van der Waals surface area (Å²) in [7, 11) is 3.90. The summed E-state index contributed by atoms with van der Waals surface area (Å²) in [6.45, 7) is 1.01. The van der Waals surface area contributed by atoms with Crippen molar-refractivity contribution in [3.8, 4) is 28.7 Å². The topological polar surface area (TPSA) is 30.9 Å². The van der Waals surface area contributed by atoms with E-state index in [1.54, 1.807) is 7.11 Å². The maximum Gasteiger partial charge on any atom is 0.169 e. The average molecular weight is 452 g/mol. The number of hydrogen-bond acceptors (Lipinski definition) is 4. The number of likely N-dealkylation sites (N-methyl/N-ethyl adjacent to an activating group) is 1. The van der Waals surface area contributed by atoms with Crippen molar-refractivity contribution in [3.63, 3.8) is 0 Å². The van der Waals surface area contributed by atoms with E-state index in [1.165, 1.54) is 16.7 Å². The fourth-order valence-electron chi connectivity index (χ4n) is 4.50. The fourth-order valence-corrected chi connectivity index (χ4v) is 4.50. The van der Waals surface area contributed by atoms with Crippen LogP contribution in [0.25, 0.3) is 0 Å². The highest BCUT2D eigenvalue weighted by atomic mass is 16.5. The molecule has 0 fully saturated rings. The molecular formula is C30H29NO3. The molecule has 0 amide bonds. The van der Waals surface area contributed by atoms with E-state index >= 15 is 0 Å². The summed E-state index contributed by atoms with van der Waals surface area (Å²) in [6.07, 6.45) is 1.90. The molecule has 5 rings (SSSR count). The first kappa shape index (κ1) is 22.1. The molecule has 4 nitrogen and oxygen atoms in total. The van der Waals surface area contributed by atoms with E-state index in [2.05, 4.69) is 36.2 Å². The van der Waals surface area contributed by atoms with E-state index in [1.807, 2.05) is 72.8 Å². The van der Waals surface area contributed by atoms with E-state index in [0.29, 0.717) is 0 Å². The zero-order valence-electron chi connectivity index (χ0n) is 19.6. The Kier molecular flexibility index (Phi) is 6.50. The molecule has 0 spiro atoms. The van der Waals surface area contributed by atoms with Gasteiger partial charge < -0.3 is 14.2 Å². The fraction of sp³-hybridized carbons (Fsp3) is 0.200. The first-order valence-electron chi connectivity index (χ1n) is 11.7. The molecule has 4 aromatic rings. The second kappa shape index (κ2) is 10.0. The largest absolute Gasteiger partial charge is 0.493 e. The molecule has 0 aliphatic carbocycles. The lowest BCUT2D eigenvalue weighted by molar-refractivity contribution is 0.228. The van der Waals surface area contributed by atoms with Gasteiger partial charge in [-0.2, -0.15) is 0 Å². The summed E-state index contributed by atoms with van der Waals surface area (Å²) in [5.74, 6) is 4.01. The Balaban J connectivity index is 1.39. The SMILES string of the molecule is COc1cc2c(cc1Oc1ccccc1)[C@H](Cc1ccc(Oc3ccccc3)cc1)N(C)CC2. The summed E-state index contributed by atoms with van der Waals surface area (Å²) in [5, 5.41) is 0. The molecular weight excluding hydrogens is 422 g/mol. The molecule has 0 saturated carbocycles. The van der Waals surface area contributed by atoms with Crippen molar-refractivity contribution in [1.29, 1.82) is 0 Å². The Bertz CT molecular complexity index is 1220. The quantitative estimate of drug-likeness (QED) is 0.301. The third kappa shape index (κ3) is 4.92. The molecule has 4 heteroatoms. The van der Waals surface area contributed by atoms with Crippen LogP contribution in [0, 0.1) is 0 Å². The molecule has 1 atom stereocenters. The van der Waals surface area contributed by atoms with Crippen molar-refractivity contribution in [2.24, 2.45) is 0 Å². The van der Waals surface area contributed by atoms with Crippen LogP contribution in [-0.4, -0.2) is 25.6 Å². The standard InChI is InChI=1S/C30H29NO3/c1-31-18-17-23-20-29(32-2)30(34-25-11-7-4-8-12-25)21-27(23)28(31)19-22-13-15-26(16-14-22)33-24-9-5-3-6-10-24/h3-16,20-21,28H,17-19H2,1-2H3/t28-/m0/s1. The van der Waals surface area contributed by atoms with Gasteiger partial charge >= 0.3 is 0 Å². The molecule has 4 aromatic carbocycles. The lowest BCUT2D eigenvalue weighted by atomic mass is 9.88. The van der Waals surface area contributed by atoms with Crippen LogP contribution in [0.1, 0.15) is 22.7 Å². The number of methoxy groups -OCH3 is 1. The second-order valence-corrected chi connectivity index (χ2v) is 8.63. The Morgan fingerprint density at radius 3 is 2.00 bits per heavy atom. The van der Waals surface area contributed by atoms with E-state index in [9.17, 15) is 0 Å². The molecule has 0 bridgehead atoms. The summed E-state index contributed by atoms with van der Waals surface area (Å²) in [5.41, 5.74) is 3.89. The van der Waals surface area contributed by atoms with E-state index in [-0.39, 0.29) is 6.04 Å². The number of hydrogen-bond donors (Lipinski definition) is 0. The van der Waals surface area contributed by atoms with Gasteiger partial charge in [0.25, 0.3) is 0 Å². The summed E-state index contributed by atoms with van der Waals surface area (Å²) < 4.78 is 17.8. The van der Waals surface area contributed by atoms with Crippen LogP contribution in [0.3, 0.4) is 0 Å². The van der Waals surface area contributed by atoms with Crippen LogP contribution in [0.4, 0.5) is 0 Å². The van der Waals surface area contributed by atoms with Gasteiger partial charge in [-0.3, -0.25) is 4.90 Å². The van der Waals surface area contributed by atoms with Crippen molar-refractivity contribution in [2.75, 3.05) is 20.7 Å². The van der Waals surface area contributed by atoms with Crippen LogP contribution >= 0.6 is 0 Å². The highest BCUT2D eigenvalue weighted by Gasteiger charge is 2.27. The number of para-hydroxylation sites is 2. The predicted octanol–water partition coefficient (Wildman–Crippen LogP) is 7.05. The van der Waals surface area contributed by atoms with Crippen molar-refractivity contribution < 1.29 is 14.2 Å². The zero-order chi connectivity index (χ0) is 23.3. The van der Waals surface area contributed by atoms with Gasteiger partial charge in [0, 0.05) is 12.6 Å². The van der Waals surface area contributed by atoms with Crippen LogP contribution in [-0.2, 0) is 12.8 Å². The number of nitrogens with zero attached hydrogens (tertiary/aromatic N) is 1. The molecule has 1 aliphatic heterocycles. The minimum absolute atomic E-state index is 0.258. The molecule has 0 aromatic heterocycles. The maximum absolute atomic E-state index is 6.21. The zero-order valence-corrected chi connectivity index (χ0v) is 19.6. The Morgan fingerprint density at radius 2 is 1.35 bits per heavy atom. The molecule has 1 heterocycles. The monoisotopic (exact) mass is 451 g/mol. The first-order valence-corrected chi connectivity index (χ1v) is 11.7. The summed E-state index contributed by atoms with van der Waals surface area (Å²) in [6, 6.07) is 32.7. The van der Waals surface area contributed by atoms with E-state index < -0.39 is 0 Å². The summed E-state index contributed by atoms with van der Waals surface area (Å²) >= 11 is 0. The van der Waals surface area contributed by atoms with Crippen LogP contribution in [0.15, 0.2) is 97.1 Å². The Hall–Kier alpha value is -3.76. The van der Waals surface area contributed by atoms with Gasteiger partial charge in [-0.05, 0) is 85.1 Å². The van der Waals surface area contributed by atoms with Crippen molar-refractivity contribution in [3.05, 3.63) is 114 Å². The van der Waals surface area contributed by atoms with E-state index in [0.717, 1.165) is 48.1 Å². The third-order valence-corrected chi connectivity index (χ3v) is 6.35. The highest BCUT2D eigenvalue weighted by Crippen LogP contribution is 2.40. The van der Waals surface area contributed by atoms with Crippen LogP contribution < -0.4 is 14.2 Å².